The standard InChI is InChI=1S/C14H20N2O/c1-3-7-15-12(5-1)9-14(10-17-11-14)13-6-2-4-8-16-13/h2,4,6,8,12,15H,1,3,5,7,9-11H2. The van der Waals surface area contributed by atoms with Gasteiger partial charge >= 0.3 is 0 Å². The molecule has 0 bridgehead atoms. The van der Waals surface area contributed by atoms with Gasteiger partial charge in [-0.3, -0.25) is 4.98 Å². The highest BCUT2D eigenvalue weighted by Crippen LogP contribution is 2.36. The molecule has 2 fully saturated rings. The number of rotatable bonds is 3. The lowest BCUT2D eigenvalue weighted by Gasteiger charge is -2.44. The van der Waals surface area contributed by atoms with Crippen LogP contribution in [0.25, 0.3) is 0 Å². The molecule has 1 aromatic rings. The van der Waals surface area contributed by atoms with E-state index in [9.17, 15) is 0 Å². The average molecular weight is 232 g/mol. The third kappa shape index (κ3) is 2.22. The molecule has 3 rings (SSSR count). The normalized spacial score (nSPS) is 27.4. The van der Waals surface area contributed by atoms with Crippen LogP contribution >= 0.6 is 0 Å². The van der Waals surface area contributed by atoms with E-state index in [0.29, 0.717) is 6.04 Å². The van der Waals surface area contributed by atoms with Gasteiger partial charge in [-0.1, -0.05) is 12.5 Å². The SMILES string of the molecule is c1ccc(C2(CC3CCCCN3)COC2)nc1. The molecule has 1 unspecified atom stereocenters. The average Bonchev–Trinajstić information content (AvgIpc) is 2.36. The maximum absolute atomic E-state index is 5.47. The topological polar surface area (TPSA) is 34.1 Å². The predicted octanol–water partition coefficient (Wildman–Crippen LogP) is 1.88. The molecule has 3 heterocycles. The van der Waals surface area contributed by atoms with Crippen molar-refractivity contribution >= 4 is 0 Å². The Morgan fingerprint density at radius 2 is 2.29 bits per heavy atom. The van der Waals surface area contributed by atoms with Gasteiger partial charge in [-0.25, -0.2) is 0 Å². The molecule has 2 aliphatic rings. The van der Waals surface area contributed by atoms with Gasteiger partial charge in [-0.15, -0.1) is 0 Å². The number of nitrogens with one attached hydrogen (secondary N) is 1. The number of aromatic nitrogens is 1. The van der Waals surface area contributed by atoms with Crippen LogP contribution in [0.15, 0.2) is 24.4 Å². The summed E-state index contributed by atoms with van der Waals surface area (Å²) in [7, 11) is 0. The van der Waals surface area contributed by atoms with Crippen LogP contribution in [0.5, 0.6) is 0 Å². The van der Waals surface area contributed by atoms with E-state index in [0.717, 1.165) is 13.2 Å². The number of piperidine rings is 1. The predicted molar refractivity (Wildman–Crippen MR) is 67.0 cm³/mol. The van der Waals surface area contributed by atoms with Crippen molar-refractivity contribution in [3.8, 4) is 0 Å². The summed E-state index contributed by atoms with van der Waals surface area (Å²) in [5, 5.41) is 3.63. The fourth-order valence-electron chi connectivity index (χ4n) is 2.97. The minimum atomic E-state index is 0.177. The summed E-state index contributed by atoms with van der Waals surface area (Å²) in [4.78, 5) is 4.53. The van der Waals surface area contributed by atoms with Crippen LogP contribution in [0.1, 0.15) is 31.4 Å². The van der Waals surface area contributed by atoms with Gasteiger partial charge < -0.3 is 10.1 Å². The van der Waals surface area contributed by atoms with Gasteiger partial charge in [0.25, 0.3) is 0 Å². The molecule has 2 aliphatic heterocycles. The van der Waals surface area contributed by atoms with Crippen LogP contribution < -0.4 is 5.32 Å². The molecule has 1 aromatic heterocycles. The van der Waals surface area contributed by atoms with E-state index in [1.807, 2.05) is 12.3 Å². The summed E-state index contributed by atoms with van der Waals surface area (Å²) in [5.74, 6) is 0. The molecule has 0 aliphatic carbocycles. The molecule has 0 spiro atoms. The first-order valence-electron chi connectivity index (χ1n) is 6.62. The number of hydrogen-bond acceptors (Lipinski definition) is 3. The number of nitrogens with zero attached hydrogens (tertiary/aromatic N) is 1. The second-order valence-corrected chi connectivity index (χ2v) is 5.34. The Balaban J connectivity index is 1.73. The van der Waals surface area contributed by atoms with Crippen molar-refractivity contribution in [2.24, 2.45) is 0 Å². The van der Waals surface area contributed by atoms with E-state index in [1.54, 1.807) is 0 Å². The fraction of sp³-hybridized carbons (Fsp3) is 0.643. The van der Waals surface area contributed by atoms with Gasteiger partial charge in [0.1, 0.15) is 0 Å². The lowest BCUT2D eigenvalue weighted by atomic mass is 9.75. The quantitative estimate of drug-likeness (QED) is 0.864. The van der Waals surface area contributed by atoms with E-state index in [4.69, 9.17) is 4.74 Å². The fourth-order valence-corrected chi connectivity index (χ4v) is 2.97. The number of ether oxygens (including phenoxy) is 1. The van der Waals surface area contributed by atoms with Crippen LogP contribution in [0.3, 0.4) is 0 Å². The third-order valence-corrected chi connectivity index (χ3v) is 4.01. The molecule has 17 heavy (non-hydrogen) atoms. The summed E-state index contributed by atoms with van der Waals surface area (Å²) in [5.41, 5.74) is 1.38. The zero-order chi connectivity index (χ0) is 11.6. The van der Waals surface area contributed by atoms with Crippen molar-refractivity contribution in [3.63, 3.8) is 0 Å². The largest absolute Gasteiger partial charge is 0.379 e. The van der Waals surface area contributed by atoms with Gasteiger partial charge in [0.15, 0.2) is 0 Å². The van der Waals surface area contributed by atoms with Crippen molar-refractivity contribution in [2.45, 2.75) is 37.1 Å². The Labute approximate surface area is 103 Å². The van der Waals surface area contributed by atoms with E-state index in [2.05, 4.69) is 22.4 Å². The van der Waals surface area contributed by atoms with E-state index >= 15 is 0 Å². The van der Waals surface area contributed by atoms with E-state index in [-0.39, 0.29) is 5.41 Å². The second-order valence-electron chi connectivity index (χ2n) is 5.34. The zero-order valence-corrected chi connectivity index (χ0v) is 10.2. The molecule has 1 N–H and O–H groups in total. The molecule has 0 saturated carbocycles. The van der Waals surface area contributed by atoms with Crippen LogP contribution in [-0.4, -0.2) is 30.8 Å². The molecule has 3 nitrogen and oxygen atoms in total. The Bertz CT molecular complexity index is 356. The molecule has 0 amide bonds. The summed E-state index contributed by atoms with van der Waals surface area (Å²) >= 11 is 0. The Morgan fingerprint density at radius 1 is 1.35 bits per heavy atom. The molecular formula is C14H20N2O. The monoisotopic (exact) mass is 232 g/mol. The van der Waals surface area contributed by atoms with Crippen molar-refractivity contribution in [1.29, 1.82) is 0 Å². The van der Waals surface area contributed by atoms with Crippen LogP contribution in [0.2, 0.25) is 0 Å². The Morgan fingerprint density at radius 3 is 2.88 bits per heavy atom. The van der Waals surface area contributed by atoms with E-state index in [1.165, 1.54) is 37.9 Å². The summed E-state index contributed by atoms with van der Waals surface area (Å²) < 4.78 is 5.47. The summed E-state index contributed by atoms with van der Waals surface area (Å²) in [6.45, 7) is 2.84. The maximum atomic E-state index is 5.47. The molecule has 1 atom stereocenters. The van der Waals surface area contributed by atoms with Crippen molar-refractivity contribution < 1.29 is 4.74 Å². The Kier molecular flexibility index (Phi) is 3.12. The molecule has 92 valence electrons. The molecular weight excluding hydrogens is 212 g/mol. The van der Waals surface area contributed by atoms with E-state index < -0.39 is 0 Å². The van der Waals surface area contributed by atoms with Gasteiger partial charge in [0.05, 0.1) is 24.3 Å². The van der Waals surface area contributed by atoms with Gasteiger partial charge in [0, 0.05) is 12.2 Å². The van der Waals surface area contributed by atoms with Gasteiger partial charge in [-0.2, -0.15) is 0 Å². The maximum Gasteiger partial charge on any atom is 0.0607 e. The first kappa shape index (κ1) is 11.2. The van der Waals surface area contributed by atoms with Crippen LogP contribution in [0.4, 0.5) is 0 Å². The van der Waals surface area contributed by atoms with Gasteiger partial charge in [-0.05, 0) is 37.9 Å². The first-order valence-corrected chi connectivity index (χ1v) is 6.62. The van der Waals surface area contributed by atoms with Crippen molar-refractivity contribution in [3.05, 3.63) is 30.1 Å². The minimum absolute atomic E-state index is 0.177. The zero-order valence-electron chi connectivity index (χ0n) is 10.2. The van der Waals surface area contributed by atoms with Crippen molar-refractivity contribution in [1.82, 2.24) is 10.3 Å². The number of pyridine rings is 1. The molecule has 2 saturated heterocycles. The smallest absolute Gasteiger partial charge is 0.0607 e. The van der Waals surface area contributed by atoms with Gasteiger partial charge in [0.2, 0.25) is 0 Å². The molecule has 0 radical (unpaired) electrons. The third-order valence-electron chi connectivity index (χ3n) is 4.01. The van der Waals surface area contributed by atoms with Crippen LogP contribution in [0, 0.1) is 0 Å². The van der Waals surface area contributed by atoms with Crippen molar-refractivity contribution in [2.75, 3.05) is 19.8 Å². The lowest BCUT2D eigenvalue weighted by Crippen LogP contribution is -2.52. The molecule has 3 heteroatoms. The number of hydrogen-bond donors (Lipinski definition) is 1. The highest BCUT2D eigenvalue weighted by Gasteiger charge is 2.43. The lowest BCUT2D eigenvalue weighted by molar-refractivity contribution is -0.0717. The summed E-state index contributed by atoms with van der Waals surface area (Å²) in [6.07, 6.45) is 7.04. The molecule has 0 aromatic carbocycles. The second kappa shape index (κ2) is 4.75. The Hall–Kier alpha value is -0.930. The summed E-state index contributed by atoms with van der Waals surface area (Å²) in [6, 6.07) is 6.85. The van der Waals surface area contributed by atoms with Crippen LogP contribution in [-0.2, 0) is 10.2 Å². The highest BCUT2D eigenvalue weighted by atomic mass is 16.5. The first-order chi connectivity index (χ1) is 8.39. The minimum Gasteiger partial charge on any atom is -0.379 e. The highest BCUT2D eigenvalue weighted by molar-refractivity contribution is 5.21.